The highest BCUT2D eigenvalue weighted by Gasteiger charge is 2.03. The number of thiophene rings is 1. The maximum Gasteiger partial charge on any atom is 0.0825 e. The lowest BCUT2D eigenvalue weighted by atomic mass is 10.4. The summed E-state index contributed by atoms with van der Waals surface area (Å²) in [5.74, 6) is 0. The van der Waals surface area contributed by atoms with Crippen molar-refractivity contribution >= 4 is 29.4 Å². The van der Waals surface area contributed by atoms with Crippen LogP contribution < -0.4 is 5.32 Å². The van der Waals surface area contributed by atoms with Gasteiger partial charge in [0.1, 0.15) is 0 Å². The fourth-order valence-electron chi connectivity index (χ4n) is 1.63. The maximum atomic E-state index is 4.46. The second-order valence-corrected chi connectivity index (χ2v) is 4.86. The molecule has 1 N–H and O–H groups in total. The highest BCUT2D eigenvalue weighted by atomic mass is 35.5. The van der Waals surface area contributed by atoms with Gasteiger partial charge < -0.3 is 5.32 Å². The van der Waals surface area contributed by atoms with Gasteiger partial charge in [0, 0.05) is 24.2 Å². The number of halogens is 1. The number of hydrogen-bond donors (Lipinski definition) is 1. The third-order valence-corrected chi connectivity index (χ3v) is 3.31. The average Bonchev–Trinajstić information content (AvgIpc) is 2.86. The summed E-state index contributed by atoms with van der Waals surface area (Å²) >= 11 is 1.78. The number of rotatable bonds is 5. The zero-order valence-electron chi connectivity index (χ0n) is 10.1. The van der Waals surface area contributed by atoms with E-state index in [4.69, 9.17) is 0 Å². The van der Waals surface area contributed by atoms with Crippen LogP contribution in [0.1, 0.15) is 23.9 Å². The minimum atomic E-state index is 0. The van der Waals surface area contributed by atoms with Crippen molar-refractivity contribution in [3.8, 4) is 0 Å². The zero-order chi connectivity index (χ0) is 11.4. The van der Waals surface area contributed by atoms with Gasteiger partial charge >= 0.3 is 0 Å². The first kappa shape index (κ1) is 14.1. The van der Waals surface area contributed by atoms with Crippen LogP contribution in [-0.4, -0.2) is 9.78 Å². The van der Waals surface area contributed by atoms with E-state index in [9.17, 15) is 0 Å². The number of anilines is 1. The highest BCUT2D eigenvalue weighted by Crippen LogP contribution is 2.16. The van der Waals surface area contributed by atoms with E-state index < -0.39 is 0 Å². The molecule has 0 aliphatic rings. The smallest absolute Gasteiger partial charge is 0.0825 e. The summed E-state index contributed by atoms with van der Waals surface area (Å²) in [6.07, 6.45) is 3.21. The fourth-order valence-corrected chi connectivity index (χ4v) is 2.28. The van der Waals surface area contributed by atoms with Gasteiger partial charge in [-0.3, -0.25) is 4.68 Å². The number of nitrogens with one attached hydrogen (secondary N) is 1. The summed E-state index contributed by atoms with van der Waals surface area (Å²) < 4.78 is 2.01. The van der Waals surface area contributed by atoms with Crippen LogP contribution in [0.15, 0.2) is 23.7 Å². The van der Waals surface area contributed by atoms with E-state index in [0.717, 1.165) is 30.9 Å². The lowest BCUT2D eigenvalue weighted by Gasteiger charge is -2.01. The van der Waals surface area contributed by atoms with Crippen molar-refractivity contribution in [2.75, 3.05) is 5.32 Å². The molecule has 0 atom stereocenters. The predicted molar refractivity (Wildman–Crippen MR) is 76.1 cm³/mol. The van der Waals surface area contributed by atoms with Gasteiger partial charge in [0.05, 0.1) is 11.4 Å². The van der Waals surface area contributed by atoms with Crippen molar-refractivity contribution in [1.82, 2.24) is 9.78 Å². The molecular formula is C12H18ClN3S. The summed E-state index contributed by atoms with van der Waals surface area (Å²) in [6.45, 7) is 6.08. The average molecular weight is 272 g/mol. The molecule has 2 heterocycles. The topological polar surface area (TPSA) is 29.9 Å². The highest BCUT2D eigenvalue weighted by molar-refractivity contribution is 7.09. The molecule has 2 aromatic rings. The molecule has 0 amide bonds. The van der Waals surface area contributed by atoms with Gasteiger partial charge in [-0.25, -0.2) is 0 Å². The molecule has 0 bridgehead atoms. The largest absolute Gasteiger partial charge is 0.377 e. The maximum absolute atomic E-state index is 4.46. The van der Waals surface area contributed by atoms with Gasteiger partial charge in [-0.2, -0.15) is 5.10 Å². The van der Waals surface area contributed by atoms with Crippen molar-refractivity contribution < 1.29 is 0 Å². The van der Waals surface area contributed by atoms with Gasteiger partial charge in [0.25, 0.3) is 0 Å². The Morgan fingerprint density at radius 3 is 2.94 bits per heavy atom. The van der Waals surface area contributed by atoms with Crippen molar-refractivity contribution in [2.45, 2.75) is 33.4 Å². The quantitative estimate of drug-likeness (QED) is 0.899. The van der Waals surface area contributed by atoms with Crippen molar-refractivity contribution in [1.29, 1.82) is 0 Å². The summed E-state index contributed by atoms with van der Waals surface area (Å²) in [5.41, 5.74) is 2.21. The fraction of sp³-hybridized carbons (Fsp3) is 0.417. The van der Waals surface area contributed by atoms with Crippen LogP contribution >= 0.6 is 23.7 Å². The third kappa shape index (κ3) is 3.75. The normalized spacial score (nSPS) is 10.0. The number of hydrogen-bond acceptors (Lipinski definition) is 3. The molecule has 2 aromatic heterocycles. The minimum Gasteiger partial charge on any atom is -0.377 e. The first-order valence-corrected chi connectivity index (χ1v) is 6.48. The third-order valence-electron chi connectivity index (χ3n) is 2.43. The molecule has 94 valence electrons. The van der Waals surface area contributed by atoms with Crippen LogP contribution in [0.2, 0.25) is 0 Å². The Bertz CT molecular complexity index is 437. The first-order valence-electron chi connectivity index (χ1n) is 5.60. The molecule has 3 nitrogen and oxygen atoms in total. The minimum absolute atomic E-state index is 0. The molecule has 0 saturated heterocycles. The summed E-state index contributed by atoms with van der Waals surface area (Å²) in [4.78, 5) is 1.35. The molecule has 0 aliphatic heterocycles. The number of aryl methyl sites for hydroxylation is 2. The van der Waals surface area contributed by atoms with Crippen LogP contribution in [0.5, 0.6) is 0 Å². The molecule has 0 spiro atoms. The predicted octanol–water partition coefficient (Wildman–Crippen LogP) is 3.70. The summed E-state index contributed by atoms with van der Waals surface area (Å²) in [7, 11) is 0. The molecule has 0 aliphatic carbocycles. The Morgan fingerprint density at radius 1 is 1.47 bits per heavy atom. The Hall–Kier alpha value is -1.00. The van der Waals surface area contributed by atoms with E-state index >= 15 is 0 Å². The Labute approximate surface area is 112 Å². The Balaban J connectivity index is 0.00000144. The molecule has 0 fully saturated rings. The second-order valence-electron chi connectivity index (χ2n) is 3.82. The van der Waals surface area contributed by atoms with Gasteiger partial charge in [0.2, 0.25) is 0 Å². The monoisotopic (exact) mass is 271 g/mol. The Morgan fingerprint density at radius 2 is 2.29 bits per heavy atom. The molecule has 2 rings (SSSR count). The first-order chi connectivity index (χ1) is 7.79. The molecule has 17 heavy (non-hydrogen) atoms. The van der Waals surface area contributed by atoms with E-state index in [2.05, 4.69) is 41.0 Å². The lowest BCUT2D eigenvalue weighted by molar-refractivity contribution is 0.598. The standard InChI is InChI=1S/C12H17N3S.ClH/c1-3-6-15-9-12(10(2)14-15)13-8-11-5-4-7-16-11;/h4-5,7,9,13H,3,6,8H2,1-2H3;1H. The number of aromatic nitrogens is 2. The van der Waals surface area contributed by atoms with E-state index in [-0.39, 0.29) is 12.4 Å². The van der Waals surface area contributed by atoms with E-state index in [1.165, 1.54) is 4.88 Å². The zero-order valence-corrected chi connectivity index (χ0v) is 11.8. The number of nitrogens with zero attached hydrogens (tertiary/aromatic N) is 2. The summed E-state index contributed by atoms with van der Waals surface area (Å²) in [5, 5.41) is 9.98. The molecule has 0 saturated carbocycles. The van der Waals surface area contributed by atoms with E-state index in [1.54, 1.807) is 11.3 Å². The van der Waals surface area contributed by atoms with Crippen LogP contribution in [0.3, 0.4) is 0 Å². The van der Waals surface area contributed by atoms with Crippen molar-refractivity contribution in [3.63, 3.8) is 0 Å². The molecular weight excluding hydrogens is 254 g/mol. The molecule has 5 heteroatoms. The SMILES string of the molecule is CCCn1cc(NCc2cccs2)c(C)n1.Cl. The van der Waals surface area contributed by atoms with Crippen molar-refractivity contribution in [3.05, 3.63) is 34.3 Å². The molecule has 0 radical (unpaired) electrons. The molecule has 0 unspecified atom stereocenters. The van der Waals surface area contributed by atoms with Crippen LogP contribution in [-0.2, 0) is 13.1 Å². The van der Waals surface area contributed by atoms with Gasteiger partial charge in [-0.1, -0.05) is 13.0 Å². The van der Waals surface area contributed by atoms with Crippen LogP contribution in [0, 0.1) is 6.92 Å². The van der Waals surface area contributed by atoms with Crippen molar-refractivity contribution in [2.24, 2.45) is 0 Å². The second kappa shape index (κ2) is 6.67. The Kier molecular flexibility index (Phi) is 5.51. The van der Waals surface area contributed by atoms with Crippen LogP contribution in [0.25, 0.3) is 0 Å². The molecule has 0 aromatic carbocycles. The van der Waals surface area contributed by atoms with Gasteiger partial charge in [0.15, 0.2) is 0 Å². The van der Waals surface area contributed by atoms with E-state index in [0.29, 0.717) is 0 Å². The lowest BCUT2D eigenvalue weighted by Crippen LogP contribution is -1.97. The van der Waals surface area contributed by atoms with Crippen LogP contribution in [0.4, 0.5) is 5.69 Å². The van der Waals surface area contributed by atoms with E-state index in [1.807, 2.05) is 11.6 Å². The summed E-state index contributed by atoms with van der Waals surface area (Å²) in [6, 6.07) is 4.22. The van der Waals surface area contributed by atoms with Gasteiger partial charge in [-0.05, 0) is 24.8 Å². The van der Waals surface area contributed by atoms with Gasteiger partial charge in [-0.15, -0.1) is 23.7 Å².